The summed E-state index contributed by atoms with van der Waals surface area (Å²) in [6.07, 6.45) is 2.49. The highest BCUT2D eigenvalue weighted by Gasteiger charge is 2.26. The molecule has 1 aliphatic rings. The molecule has 144 valence electrons. The van der Waals surface area contributed by atoms with Crippen LogP contribution in [-0.2, 0) is 16.1 Å². The predicted octanol–water partition coefficient (Wildman–Crippen LogP) is 1.11. The molecule has 1 unspecified atom stereocenters. The van der Waals surface area contributed by atoms with E-state index in [2.05, 4.69) is 20.8 Å². The van der Waals surface area contributed by atoms with Crippen molar-refractivity contribution in [3.8, 4) is 5.75 Å². The van der Waals surface area contributed by atoms with Gasteiger partial charge in [-0.15, -0.1) is 0 Å². The standard InChI is InChI=1S/C18H23N5O4/c1-12-7-18(27-22-12)21-17(25)11-23-6-4-16(10-23)26-15-3-5-19-14(8-15)9-20-13(2)24/h3,5,7-8,16H,4,6,9-11H2,1-2H3,(H,20,24)(H,21,25). The monoisotopic (exact) mass is 373 g/mol. The molecule has 2 aromatic heterocycles. The number of likely N-dealkylation sites (tertiary alicyclic amines) is 1. The largest absolute Gasteiger partial charge is 0.489 e. The number of aromatic nitrogens is 2. The van der Waals surface area contributed by atoms with Crippen molar-refractivity contribution < 1.29 is 18.8 Å². The van der Waals surface area contributed by atoms with E-state index in [4.69, 9.17) is 9.26 Å². The SMILES string of the molecule is CC(=O)NCc1cc(OC2CCN(CC(=O)Nc3cc(C)no3)C2)ccn1. The molecule has 3 heterocycles. The minimum Gasteiger partial charge on any atom is -0.489 e. The van der Waals surface area contributed by atoms with E-state index in [0.29, 0.717) is 24.7 Å². The van der Waals surface area contributed by atoms with Crippen LogP contribution in [0.4, 0.5) is 5.88 Å². The molecule has 0 radical (unpaired) electrons. The Kier molecular flexibility index (Phi) is 6.02. The molecule has 0 aromatic carbocycles. The van der Waals surface area contributed by atoms with Crippen LogP contribution in [0.1, 0.15) is 24.7 Å². The van der Waals surface area contributed by atoms with Gasteiger partial charge in [0.25, 0.3) is 0 Å². The highest BCUT2D eigenvalue weighted by molar-refractivity contribution is 5.91. The van der Waals surface area contributed by atoms with E-state index in [9.17, 15) is 9.59 Å². The molecular weight excluding hydrogens is 350 g/mol. The summed E-state index contributed by atoms with van der Waals surface area (Å²) in [5.74, 6) is 0.813. The smallest absolute Gasteiger partial charge is 0.240 e. The molecule has 2 aromatic rings. The number of pyridine rings is 1. The number of nitrogens with one attached hydrogen (secondary N) is 2. The van der Waals surface area contributed by atoms with Gasteiger partial charge in [-0.1, -0.05) is 5.16 Å². The average molecular weight is 373 g/mol. The van der Waals surface area contributed by atoms with E-state index in [0.717, 1.165) is 24.4 Å². The summed E-state index contributed by atoms with van der Waals surface area (Å²) in [4.78, 5) is 29.3. The first-order chi connectivity index (χ1) is 13.0. The quantitative estimate of drug-likeness (QED) is 0.748. The topological polar surface area (TPSA) is 110 Å². The Balaban J connectivity index is 1.46. The van der Waals surface area contributed by atoms with E-state index in [-0.39, 0.29) is 24.5 Å². The van der Waals surface area contributed by atoms with Gasteiger partial charge in [-0.05, 0) is 19.4 Å². The first-order valence-corrected chi connectivity index (χ1v) is 8.79. The molecule has 9 heteroatoms. The lowest BCUT2D eigenvalue weighted by atomic mass is 10.3. The van der Waals surface area contributed by atoms with Gasteiger partial charge in [-0.25, -0.2) is 0 Å². The molecule has 0 spiro atoms. The van der Waals surface area contributed by atoms with Crippen LogP contribution in [0.3, 0.4) is 0 Å². The molecule has 27 heavy (non-hydrogen) atoms. The second kappa shape index (κ2) is 8.63. The van der Waals surface area contributed by atoms with E-state index in [1.54, 1.807) is 25.3 Å². The number of amides is 2. The molecule has 1 aliphatic heterocycles. The predicted molar refractivity (Wildman–Crippen MR) is 97.1 cm³/mol. The van der Waals surface area contributed by atoms with Crippen molar-refractivity contribution in [1.82, 2.24) is 20.4 Å². The Morgan fingerprint density at radius 2 is 2.26 bits per heavy atom. The average Bonchev–Trinajstić information content (AvgIpc) is 3.22. The summed E-state index contributed by atoms with van der Waals surface area (Å²) in [5, 5.41) is 9.14. The third-order valence-electron chi connectivity index (χ3n) is 4.10. The van der Waals surface area contributed by atoms with Gasteiger partial charge < -0.3 is 14.6 Å². The Morgan fingerprint density at radius 1 is 1.41 bits per heavy atom. The molecule has 1 saturated heterocycles. The maximum atomic E-state index is 12.1. The van der Waals surface area contributed by atoms with Gasteiger partial charge in [0.1, 0.15) is 11.9 Å². The Bertz CT molecular complexity index is 807. The van der Waals surface area contributed by atoms with Crippen molar-refractivity contribution >= 4 is 17.7 Å². The first-order valence-electron chi connectivity index (χ1n) is 8.79. The normalized spacial score (nSPS) is 16.9. The number of rotatable bonds is 7. The lowest BCUT2D eigenvalue weighted by Gasteiger charge is -2.16. The van der Waals surface area contributed by atoms with Crippen LogP contribution in [0, 0.1) is 6.92 Å². The summed E-state index contributed by atoms with van der Waals surface area (Å²) < 4.78 is 11.0. The van der Waals surface area contributed by atoms with Gasteiger partial charge in [0.05, 0.1) is 24.5 Å². The fraction of sp³-hybridized carbons (Fsp3) is 0.444. The third kappa shape index (κ3) is 5.78. The molecule has 0 bridgehead atoms. The van der Waals surface area contributed by atoms with Gasteiger partial charge >= 0.3 is 0 Å². The maximum Gasteiger partial charge on any atom is 0.240 e. The number of anilines is 1. The van der Waals surface area contributed by atoms with Crippen molar-refractivity contribution in [3.63, 3.8) is 0 Å². The number of nitrogens with zero attached hydrogens (tertiary/aromatic N) is 3. The maximum absolute atomic E-state index is 12.1. The number of ether oxygens (including phenoxy) is 1. The summed E-state index contributed by atoms with van der Waals surface area (Å²) in [6, 6.07) is 5.28. The Hall–Kier alpha value is -2.94. The highest BCUT2D eigenvalue weighted by atomic mass is 16.5. The van der Waals surface area contributed by atoms with Crippen molar-refractivity contribution in [2.75, 3.05) is 25.0 Å². The molecule has 3 rings (SSSR count). The Labute approximate surface area is 157 Å². The molecule has 1 fully saturated rings. The van der Waals surface area contributed by atoms with Crippen LogP contribution >= 0.6 is 0 Å². The number of hydrogen-bond acceptors (Lipinski definition) is 7. The van der Waals surface area contributed by atoms with Crippen LogP contribution in [0.5, 0.6) is 5.75 Å². The molecule has 9 nitrogen and oxygen atoms in total. The van der Waals surface area contributed by atoms with Crippen LogP contribution < -0.4 is 15.4 Å². The van der Waals surface area contributed by atoms with Gasteiger partial charge in [-0.3, -0.25) is 24.8 Å². The van der Waals surface area contributed by atoms with E-state index >= 15 is 0 Å². The van der Waals surface area contributed by atoms with Crippen LogP contribution in [0.2, 0.25) is 0 Å². The molecule has 1 atom stereocenters. The number of aryl methyl sites for hydroxylation is 1. The number of carbonyl (C=O) groups excluding carboxylic acids is 2. The summed E-state index contributed by atoms with van der Waals surface area (Å²) in [7, 11) is 0. The van der Waals surface area contributed by atoms with Gasteiger partial charge in [-0.2, -0.15) is 0 Å². The molecular formula is C18H23N5O4. The lowest BCUT2D eigenvalue weighted by molar-refractivity contribution is -0.119. The highest BCUT2D eigenvalue weighted by Crippen LogP contribution is 2.19. The summed E-state index contributed by atoms with van der Waals surface area (Å²) >= 11 is 0. The van der Waals surface area contributed by atoms with E-state index in [1.165, 1.54) is 6.92 Å². The van der Waals surface area contributed by atoms with Gasteiger partial charge in [0, 0.05) is 38.3 Å². The number of hydrogen-bond donors (Lipinski definition) is 2. The fourth-order valence-electron chi connectivity index (χ4n) is 2.87. The minimum atomic E-state index is -0.145. The zero-order valence-electron chi connectivity index (χ0n) is 15.4. The van der Waals surface area contributed by atoms with Crippen LogP contribution in [0.25, 0.3) is 0 Å². The fourth-order valence-corrected chi connectivity index (χ4v) is 2.87. The van der Waals surface area contributed by atoms with Crippen molar-refractivity contribution in [1.29, 1.82) is 0 Å². The molecule has 0 saturated carbocycles. The minimum absolute atomic E-state index is 0.00124. The van der Waals surface area contributed by atoms with Crippen molar-refractivity contribution in [3.05, 3.63) is 35.8 Å². The first kappa shape index (κ1) is 18.8. The molecule has 2 N–H and O–H groups in total. The van der Waals surface area contributed by atoms with Crippen molar-refractivity contribution in [2.24, 2.45) is 0 Å². The molecule has 2 amide bonds. The van der Waals surface area contributed by atoms with E-state index in [1.807, 2.05) is 11.0 Å². The van der Waals surface area contributed by atoms with Crippen LogP contribution in [0.15, 0.2) is 28.9 Å². The lowest BCUT2D eigenvalue weighted by Crippen LogP contribution is -2.33. The van der Waals surface area contributed by atoms with Gasteiger partial charge in [0.2, 0.25) is 17.7 Å². The second-order valence-corrected chi connectivity index (χ2v) is 6.54. The zero-order valence-corrected chi connectivity index (χ0v) is 15.4. The second-order valence-electron chi connectivity index (χ2n) is 6.54. The van der Waals surface area contributed by atoms with Gasteiger partial charge in [0.15, 0.2) is 0 Å². The Morgan fingerprint density at radius 3 is 3.00 bits per heavy atom. The zero-order chi connectivity index (χ0) is 19.2. The third-order valence-corrected chi connectivity index (χ3v) is 4.10. The summed E-state index contributed by atoms with van der Waals surface area (Å²) in [5.41, 5.74) is 1.45. The number of carbonyl (C=O) groups is 2. The van der Waals surface area contributed by atoms with Crippen LogP contribution in [-0.4, -0.2) is 52.6 Å². The molecule has 0 aliphatic carbocycles. The van der Waals surface area contributed by atoms with E-state index < -0.39 is 0 Å². The van der Waals surface area contributed by atoms with Crippen molar-refractivity contribution in [2.45, 2.75) is 32.9 Å². The summed E-state index contributed by atoms with van der Waals surface area (Å²) in [6.45, 7) is 5.33.